The number of carbonyl (C=O) groups is 2. The number of thioether (sulfide) groups is 1. The van der Waals surface area contributed by atoms with Gasteiger partial charge in [-0.1, -0.05) is 6.07 Å². The van der Waals surface area contributed by atoms with Crippen LogP contribution in [0.2, 0.25) is 0 Å². The molecule has 2 aromatic rings. The van der Waals surface area contributed by atoms with Crippen LogP contribution in [0.25, 0.3) is 6.08 Å². The third kappa shape index (κ3) is 5.25. The fourth-order valence-electron chi connectivity index (χ4n) is 2.34. The lowest BCUT2D eigenvalue weighted by molar-refractivity contribution is -0.115. The van der Waals surface area contributed by atoms with E-state index in [1.54, 1.807) is 18.2 Å². The van der Waals surface area contributed by atoms with E-state index in [4.69, 9.17) is 9.59 Å². The number of rotatable bonds is 5. The molecule has 1 heterocycles. The van der Waals surface area contributed by atoms with Crippen molar-refractivity contribution < 1.29 is 22.2 Å². The summed E-state index contributed by atoms with van der Waals surface area (Å²) in [5.74, 6) is -0.544. The van der Waals surface area contributed by atoms with Gasteiger partial charge in [-0.05, 0) is 75.7 Å². The Morgan fingerprint density at radius 3 is 2.48 bits per heavy atom. The standard InChI is InChI=1S/C18H14BrN3O5S2/c1-10(23)21-12-3-5-13(6-4-12)29(25,26)27-15-7-2-11(8-14(15)19)9-16-17(24)22-18(20)28-16/h2-9H,1H3,(H,21,23)(H2,20,22,24). The van der Waals surface area contributed by atoms with Crippen LogP contribution in [-0.2, 0) is 19.7 Å². The van der Waals surface area contributed by atoms with E-state index >= 15 is 0 Å². The Balaban J connectivity index is 1.79. The van der Waals surface area contributed by atoms with Crippen LogP contribution < -0.4 is 14.8 Å². The van der Waals surface area contributed by atoms with E-state index in [1.807, 2.05) is 0 Å². The molecule has 0 unspecified atom stereocenters. The van der Waals surface area contributed by atoms with Crippen molar-refractivity contribution in [3.63, 3.8) is 0 Å². The molecule has 3 rings (SSSR count). The van der Waals surface area contributed by atoms with E-state index in [0.29, 0.717) is 20.6 Å². The maximum absolute atomic E-state index is 12.5. The van der Waals surface area contributed by atoms with Gasteiger partial charge in [0.25, 0.3) is 5.91 Å². The highest BCUT2D eigenvalue weighted by Gasteiger charge is 2.23. The van der Waals surface area contributed by atoms with E-state index in [-0.39, 0.29) is 27.6 Å². The molecule has 3 N–H and O–H groups in total. The summed E-state index contributed by atoms with van der Waals surface area (Å²) in [6, 6.07) is 10.2. The first-order valence-electron chi connectivity index (χ1n) is 8.05. The largest absolute Gasteiger partial charge is 0.378 e. The summed E-state index contributed by atoms with van der Waals surface area (Å²) in [6.07, 6.45) is 1.59. The zero-order chi connectivity index (χ0) is 21.2. The van der Waals surface area contributed by atoms with Gasteiger partial charge in [-0.15, -0.1) is 0 Å². The molecular weight excluding hydrogens is 482 g/mol. The highest BCUT2D eigenvalue weighted by molar-refractivity contribution is 9.10. The SMILES string of the molecule is CC(=O)Nc1ccc(S(=O)(=O)Oc2ccc(C=C3SC(=N)NC3=O)cc2Br)cc1. The first kappa shape index (κ1) is 21.1. The Kier molecular flexibility index (Phi) is 6.10. The molecule has 0 radical (unpaired) electrons. The van der Waals surface area contributed by atoms with Crippen molar-refractivity contribution in [3.8, 4) is 5.75 Å². The summed E-state index contributed by atoms with van der Waals surface area (Å²) in [5, 5.41) is 12.4. The molecule has 29 heavy (non-hydrogen) atoms. The molecule has 0 spiro atoms. The Morgan fingerprint density at radius 1 is 1.24 bits per heavy atom. The smallest absolute Gasteiger partial charge is 0.339 e. The fraction of sp³-hybridized carbons (Fsp3) is 0.0556. The van der Waals surface area contributed by atoms with E-state index in [0.717, 1.165) is 11.8 Å². The second-order valence-electron chi connectivity index (χ2n) is 5.83. The number of hydrogen-bond donors (Lipinski definition) is 3. The molecule has 1 aliphatic heterocycles. The fourth-order valence-corrected chi connectivity index (χ4v) is 4.58. The Hall–Kier alpha value is -2.63. The van der Waals surface area contributed by atoms with Crippen LogP contribution >= 0.6 is 27.7 Å². The zero-order valence-corrected chi connectivity index (χ0v) is 18.1. The highest BCUT2D eigenvalue weighted by atomic mass is 79.9. The van der Waals surface area contributed by atoms with Crippen molar-refractivity contribution in [1.29, 1.82) is 5.41 Å². The third-order valence-electron chi connectivity index (χ3n) is 3.58. The van der Waals surface area contributed by atoms with Gasteiger partial charge in [0.15, 0.2) is 10.9 Å². The number of amidine groups is 1. The van der Waals surface area contributed by atoms with E-state index in [2.05, 4.69) is 26.6 Å². The van der Waals surface area contributed by atoms with Crippen LogP contribution in [0, 0.1) is 5.41 Å². The van der Waals surface area contributed by atoms with Crippen LogP contribution in [0.5, 0.6) is 5.75 Å². The highest BCUT2D eigenvalue weighted by Crippen LogP contribution is 2.31. The van der Waals surface area contributed by atoms with Crippen LogP contribution in [0.4, 0.5) is 5.69 Å². The lowest BCUT2D eigenvalue weighted by Gasteiger charge is -2.10. The monoisotopic (exact) mass is 495 g/mol. The van der Waals surface area contributed by atoms with Crippen LogP contribution in [0.1, 0.15) is 12.5 Å². The maximum Gasteiger partial charge on any atom is 0.339 e. The second kappa shape index (κ2) is 8.39. The molecule has 2 aromatic carbocycles. The van der Waals surface area contributed by atoms with Crippen molar-refractivity contribution in [1.82, 2.24) is 5.32 Å². The normalized spacial score (nSPS) is 15.3. The van der Waals surface area contributed by atoms with Gasteiger partial charge in [-0.25, -0.2) is 0 Å². The molecule has 8 nitrogen and oxygen atoms in total. The molecule has 0 atom stereocenters. The summed E-state index contributed by atoms with van der Waals surface area (Å²) in [7, 11) is -4.09. The minimum Gasteiger partial charge on any atom is -0.378 e. The Bertz CT molecular complexity index is 1140. The lowest BCUT2D eigenvalue weighted by atomic mass is 10.2. The Labute approximate surface area is 179 Å². The second-order valence-corrected chi connectivity index (χ2v) is 9.28. The van der Waals surface area contributed by atoms with Gasteiger partial charge in [-0.3, -0.25) is 15.0 Å². The first-order chi connectivity index (χ1) is 13.6. The quantitative estimate of drug-likeness (QED) is 0.431. The van der Waals surface area contributed by atoms with Crippen molar-refractivity contribution in [2.24, 2.45) is 0 Å². The lowest BCUT2D eigenvalue weighted by Crippen LogP contribution is -2.18. The summed E-state index contributed by atoms with van der Waals surface area (Å²) in [6.45, 7) is 1.35. The number of amides is 2. The molecule has 2 amide bonds. The molecule has 0 aromatic heterocycles. The first-order valence-corrected chi connectivity index (χ1v) is 11.1. The molecule has 150 valence electrons. The predicted octanol–water partition coefficient (Wildman–Crippen LogP) is 3.31. The molecular formula is C18H14BrN3O5S2. The molecule has 0 aliphatic carbocycles. The van der Waals surface area contributed by atoms with Crippen LogP contribution in [-0.4, -0.2) is 25.4 Å². The van der Waals surface area contributed by atoms with Gasteiger partial charge in [0, 0.05) is 12.6 Å². The molecule has 11 heteroatoms. The average Bonchev–Trinajstić information content (AvgIpc) is 2.94. The van der Waals surface area contributed by atoms with Crippen molar-refractivity contribution in [2.75, 3.05) is 5.32 Å². The minimum atomic E-state index is -4.09. The average molecular weight is 496 g/mol. The number of nitrogens with one attached hydrogen (secondary N) is 3. The number of hydrogen-bond acceptors (Lipinski definition) is 7. The van der Waals surface area contributed by atoms with Gasteiger partial charge < -0.3 is 14.8 Å². The van der Waals surface area contributed by atoms with Gasteiger partial charge in [0.05, 0.1) is 9.38 Å². The van der Waals surface area contributed by atoms with Gasteiger partial charge >= 0.3 is 10.1 Å². The molecule has 1 fully saturated rings. The summed E-state index contributed by atoms with van der Waals surface area (Å²) in [4.78, 5) is 23.0. The third-order valence-corrected chi connectivity index (χ3v) is 6.28. The molecule has 0 saturated carbocycles. The van der Waals surface area contributed by atoms with Crippen molar-refractivity contribution in [2.45, 2.75) is 11.8 Å². The number of benzene rings is 2. The van der Waals surface area contributed by atoms with Crippen LogP contribution in [0.15, 0.2) is 56.7 Å². The Morgan fingerprint density at radius 2 is 1.93 bits per heavy atom. The van der Waals surface area contributed by atoms with E-state index in [1.165, 1.54) is 37.3 Å². The summed E-state index contributed by atoms with van der Waals surface area (Å²) < 4.78 is 30.6. The van der Waals surface area contributed by atoms with Crippen molar-refractivity contribution >= 4 is 66.6 Å². The number of anilines is 1. The van der Waals surface area contributed by atoms with Gasteiger partial charge in [-0.2, -0.15) is 8.42 Å². The minimum absolute atomic E-state index is 0.0517. The molecule has 1 aliphatic rings. The van der Waals surface area contributed by atoms with Gasteiger partial charge in [0.1, 0.15) is 4.90 Å². The van der Waals surface area contributed by atoms with E-state index in [9.17, 15) is 18.0 Å². The number of halogens is 1. The van der Waals surface area contributed by atoms with Crippen LogP contribution in [0.3, 0.4) is 0 Å². The predicted molar refractivity (Wildman–Crippen MR) is 114 cm³/mol. The molecule has 0 bridgehead atoms. The topological polar surface area (TPSA) is 125 Å². The van der Waals surface area contributed by atoms with E-state index < -0.39 is 10.1 Å². The summed E-state index contributed by atoms with van der Waals surface area (Å²) >= 11 is 4.28. The van der Waals surface area contributed by atoms with Gasteiger partial charge in [0.2, 0.25) is 5.91 Å². The number of carbonyl (C=O) groups excluding carboxylic acids is 2. The zero-order valence-electron chi connectivity index (χ0n) is 14.9. The molecule has 1 saturated heterocycles. The maximum atomic E-state index is 12.5. The van der Waals surface area contributed by atoms with Crippen molar-refractivity contribution in [3.05, 3.63) is 57.4 Å². The summed E-state index contributed by atoms with van der Waals surface area (Å²) in [5.41, 5.74) is 1.10.